The van der Waals surface area contributed by atoms with Crippen molar-refractivity contribution >= 4 is 11.8 Å². The van der Waals surface area contributed by atoms with Crippen molar-refractivity contribution < 1.29 is 0 Å². The first-order chi connectivity index (χ1) is 8.42. The maximum absolute atomic E-state index is 3.55. The number of rotatable bonds is 2. The summed E-state index contributed by atoms with van der Waals surface area (Å²) in [5, 5.41) is 6.28. The Labute approximate surface area is 108 Å². The summed E-state index contributed by atoms with van der Waals surface area (Å²) in [6.45, 7) is 0. The molecule has 1 aliphatic carbocycles. The van der Waals surface area contributed by atoms with Crippen molar-refractivity contribution in [3.63, 3.8) is 0 Å². The Hall–Kier alpha value is -0.890. The highest BCUT2D eigenvalue weighted by Crippen LogP contribution is 2.46. The van der Waals surface area contributed by atoms with Crippen LogP contribution in [-0.4, -0.2) is 5.37 Å². The Kier molecular flexibility index (Phi) is 3.15. The third-order valence-electron chi connectivity index (χ3n) is 4.13. The van der Waals surface area contributed by atoms with E-state index in [1.165, 1.54) is 37.7 Å². The molecule has 1 heterocycles. The van der Waals surface area contributed by atoms with Crippen molar-refractivity contribution in [1.82, 2.24) is 5.32 Å². The van der Waals surface area contributed by atoms with Crippen molar-refractivity contribution in [2.45, 2.75) is 42.9 Å². The summed E-state index contributed by atoms with van der Waals surface area (Å²) in [5.74, 6) is 0. The molecule has 1 aliphatic heterocycles. The smallest absolute Gasteiger partial charge is 0.0856 e. The van der Waals surface area contributed by atoms with Crippen LogP contribution >= 0.6 is 11.8 Å². The summed E-state index contributed by atoms with van der Waals surface area (Å²) >= 11 is 1.95. The quantitative estimate of drug-likeness (QED) is 0.844. The zero-order valence-corrected chi connectivity index (χ0v) is 10.9. The molecule has 0 radical (unpaired) electrons. The highest BCUT2D eigenvalue weighted by Gasteiger charge is 2.41. The van der Waals surface area contributed by atoms with Crippen LogP contribution in [0.2, 0.25) is 0 Å². The van der Waals surface area contributed by atoms with Gasteiger partial charge in [0.05, 0.1) is 5.37 Å². The zero-order chi connectivity index (χ0) is 11.6. The summed E-state index contributed by atoms with van der Waals surface area (Å²) in [6.07, 6.45) is 8.89. The molecule has 90 valence electrons. The van der Waals surface area contributed by atoms with Crippen LogP contribution < -0.4 is 5.32 Å². The Balaban J connectivity index is 1.95. The second kappa shape index (κ2) is 4.77. The van der Waals surface area contributed by atoms with E-state index in [9.17, 15) is 0 Å². The zero-order valence-electron chi connectivity index (χ0n) is 10.1. The van der Waals surface area contributed by atoms with E-state index in [2.05, 4.69) is 47.3 Å². The molecule has 3 rings (SSSR count). The minimum absolute atomic E-state index is 0.341. The van der Waals surface area contributed by atoms with Crippen LogP contribution in [0, 0.1) is 0 Å². The number of benzene rings is 1. The maximum atomic E-state index is 3.55. The number of thioether (sulfide) groups is 1. The van der Waals surface area contributed by atoms with Gasteiger partial charge in [0.15, 0.2) is 0 Å². The molecule has 1 saturated carbocycles. The predicted molar refractivity (Wildman–Crippen MR) is 74.9 cm³/mol. The van der Waals surface area contributed by atoms with Crippen LogP contribution in [0.5, 0.6) is 0 Å². The molecule has 0 bridgehead atoms. The molecule has 0 saturated heterocycles. The van der Waals surface area contributed by atoms with Gasteiger partial charge in [0, 0.05) is 11.6 Å². The Morgan fingerprint density at radius 3 is 2.47 bits per heavy atom. The Morgan fingerprint density at radius 1 is 1.06 bits per heavy atom. The van der Waals surface area contributed by atoms with Crippen LogP contribution in [0.1, 0.15) is 37.7 Å². The molecular formula is C15H19NS. The minimum Gasteiger partial charge on any atom is -0.378 e. The largest absolute Gasteiger partial charge is 0.378 e. The van der Waals surface area contributed by atoms with E-state index in [-0.39, 0.29) is 0 Å². The van der Waals surface area contributed by atoms with E-state index in [4.69, 9.17) is 0 Å². The number of nitrogens with one attached hydrogen (secondary N) is 1. The van der Waals surface area contributed by atoms with Crippen molar-refractivity contribution in [2.24, 2.45) is 0 Å². The third-order valence-corrected chi connectivity index (χ3v) is 5.28. The highest BCUT2D eigenvalue weighted by molar-refractivity contribution is 8.03. The van der Waals surface area contributed by atoms with Crippen LogP contribution in [0.25, 0.3) is 0 Å². The van der Waals surface area contributed by atoms with Gasteiger partial charge in [-0.2, -0.15) is 0 Å². The van der Waals surface area contributed by atoms with E-state index >= 15 is 0 Å². The molecule has 17 heavy (non-hydrogen) atoms. The van der Waals surface area contributed by atoms with Crippen LogP contribution in [0.15, 0.2) is 41.9 Å². The SMILES string of the molecule is C1=CSC(C2(c3ccccc3)CCCCC2)N1. The van der Waals surface area contributed by atoms with Gasteiger partial charge in [0.1, 0.15) is 0 Å². The summed E-state index contributed by atoms with van der Waals surface area (Å²) < 4.78 is 0. The first kappa shape index (κ1) is 11.2. The van der Waals surface area contributed by atoms with Gasteiger partial charge >= 0.3 is 0 Å². The average Bonchev–Trinajstić information content (AvgIpc) is 2.95. The standard InChI is InChI=1S/C15H19NS/c1-3-7-13(8-4-1)15(9-5-2-6-10-15)14-16-11-12-17-14/h1,3-4,7-8,11-12,14,16H,2,5-6,9-10H2. The van der Waals surface area contributed by atoms with E-state index in [0.717, 1.165) is 0 Å². The highest BCUT2D eigenvalue weighted by atomic mass is 32.2. The van der Waals surface area contributed by atoms with Crippen molar-refractivity contribution in [3.05, 3.63) is 47.5 Å². The normalized spacial score (nSPS) is 26.7. The van der Waals surface area contributed by atoms with Crippen molar-refractivity contribution in [2.75, 3.05) is 0 Å². The fourth-order valence-corrected chi connectivity index (χ4v) is 4.33. The third kappa shape index (κ3) is 1.99. The Morgan fingerprint density at radius 2 is 1.82 bits per heavy atom. The van der Waals surface area contributed by atoms with Gasteiger partial charge in [0.2, 0.25) is 0 Å². The maximum Gasteiger partial charge on any atom is 0.0856 e. The monoisotopic (exact) mass is 245 g/mol. The van der Waals surface area contributed by atoms with E-state index in [1.54, 1.807) is 0 Å². The van der Waals surface area contributed by atoms with E-state index in [0.29, 0.717) is 10.8 Å². The molecule has 1 N–H and O–H groups in total. The first-order valence-electron chi connectivity index (χ1n) is 6.54. The van der Waals surface area contributed by atoms with Gasteiger partial charge in [-0.15, -0.1) is 11.8 Å². The predicted octanol–water partition coefficient (Wildman–Crippen LogP) is 4.02. The minimum atomic E-state index is 0.341. The van der Waals surface area contributed by atoms with Crippen molar-refractivity contribution in [3.8, 4) is 0 Å². The molecule has 0 aromatic heterocycles. The van der Waals surface area contributed by atoms with Crippen molar-refractivity contribution in [1.29, 1.82) is 0 Å². The summed E-state index contributed by atoms with van der Waals surface area (Å²) in [4.78, 5) is 0. The number of hydrogen-bond acceptors (Lipinski definition) is 2. The lowest BCUT2D eigenvalue weighted by molar-refractivity contribution is 0.274. The second-order valence-electron chi connectivity index (χ2n) is 5.07. The topological polar surface area (TPSA) is 12.0 Å². The molecule has 1 fully saturated rings. The van der Waals surface area contributed by atoms with Crippen LogP contribution in [0.3, 0.4) is 0 Å². The molecule has 1 aromatic rings. The fraction of sp³-hybridized carbons (Fsp3) is 0.467. The number of hydrogen-bond donors (Lipinski definition) is 1. The van der Waals surface area contributed by atoms with Crippen LogP contribution in [0.4, 0.5) is 0 Å². The molecular weight excluding hydrogens is 226 g/mol. The fourth-order valence-electron chi connectivity index (χ4n) is 3.23. The second-order valence-corrected chi connectivity index (χ2v) is 6.08. The van der Waals surface area contributed by atoms with Gasteiger partial charge in [0.25, 0.3) is 0 Å². The van der Waals surface area contributed by atoms with Gasteiger partial charge in [-0.1, -0.05) is 49.6 Å². The summed E-state index contributed by atoms with van der Waals surface area (Å²) in [6, 6.07) is 11.1. The van der Waals surface area contributed by atoms with Gasteiger partial charge in [-0.25, -0.2) is 0 Å². The van der Waals surface area contributed by atoms with Gasteiger partial charge in [-0.3, -0.25) is 0 Å². The van der Waals surface area contributed by atoms with E-state index < -0.39 is 0 Å². The van der Waals surface area contributed by atoms with Gasteiger partial charge in [-0.05, 0) is 23.8 Å². The molecule has 0 amide bonds. The van der Waals surface area contributed by atoms with Gasteiger partial charge < -0.3 is 5.32 Å². The Bertz CT molecular complexity index is 385. The molecule has 1 nitrogen and oxygen atoms in total. The molecule has 2 aliphatic rings. The summed E-state index contributed by atoms with van der Waals surface area (Å²) in [7, 11) is 0. The molecule has 1 aromatic carbocycles. The lowest BCUT2D eigenvalue weighted by atomic mass is 9.69. The van der Waals surface area contributed by atoms with E-state index in [1.807, 2.05) is 11.8 Å². The average molecular weight is 245 g/mol. The molecule has 2 heteroatoms. The lowest BCUT2D eigenvalue weighted by Crippen LogP contribution is -2.44. The lowest BCUT2D eigenvalue weighted by Gasteiger charge is -2.42. The molecule has 1 unspecified atom stereocenters. The van der Waals surface area contributed by atoms with Crippen LogP contribution in [-0.2, 0) is 5.41 Å². The first-order valence-corrected chi connectivity index (χ1v) is 7.48. The molecule has 0 spiro atoms. The summed E-state index contributed by atoms with van der Waals surface area (Å²) in [5.41, 5.74) is 1.86. The molecule has 1 atom stereocenters.